The number of benzene rings is 1. The fourth-order valence-corrected chi connectivity index (χ4v) is 3.48. The van der Waals surface area contributed by atoms with Crippen molar-refractivity contribution in [2.45, 2.75) is 13.0 Å². The smallest absolute Gasteiger partial charge is 0.313 e. The summed E-state index contributed by atoms with van der Waals surface area (Å²) >= 11 is 0. The molecule has 1 aromatic heterocycles. The molecule has 1 aliphatic heterocycles. The molecule has 0 saturated carbocycles. The van der Waals surface area contributed by atoms with Crippen LogP contribution in [0.4, 0.5) is 11.4 Å². The van der Waals surface area contributed by atoms with Gasteiger partial charge in [0.2, 0.25) is 0 Å². The van der Waals surface area contributed by atoms with Gasteiger partial charge < -0.3 is 19.9 Å². The summed E-state index contributed by atoms with van der Waals surface area (Å²) in [7, 11) is 1.92. The predicted octanol–water partition coefficient (Wildman–Crippen LogP) is 1.37. The minimum Gasteiger partial charge on any atom is -0.379 e. The molecule has 160 valence electrons. The molecule has 0 radical (unpaired) electrons. The zero-order valence-electron chi connectivity index (χ0n) is 17.0. The third kappa shape index (κ3) is 5.02. The van der Waals surface area contributed by atoms with Crippen molar-refractivity contribution in [3.8, 4) is 0 Å². The van der Waals surface area contributed by atoms with Gasteiger partial charge in [-0.2, -0.15) is 0 Å². The molecule has 3 rings (SSSR count). The second-order valence-electron chi connectivity index (χ2n) is 7.15. The van der Waals surface area contributed by atoms with Gasteiger partial charge in [0.1, 0.15) is 5.69 Å². The summed E-state index contributed by atoms with van der Waals surface area (Å²) in [5.74, 6) is -1.80. The van der Waals surface area contributed by atoms with Gasteiger partial charge in [0.25, 0.3) is 5.69 Å². The van der Waals surface area contributed by atoms with Crippen LogP contribution >= 0.6 is 0 Å². The lowest BCUT2D eigenvalue weighted by Gasteiger charge is -2.34. The van der Waals surface area contributed by atoms with Gasteiger partial charge in [0, 0.05) is 44.6 Å². The first-order chi connectivity index (χ1) is 14.4. The van der Waals surface area contributed by atoms with Crippen LogP contribution in [0.1, 0.15) is 17.3 Å². The predicted molar refractivity (Wildman–Crippen MR) is 110 cm³/mol. The Kier molecular flexibility index (Phi) is 6.80. The zero-order chi connectivity index (χ0) is 21.7. The summed E-state index contributed by atoms with van der Waals surface area (Å²) in [5, 5.41) is 16.2. The lowest BCUT2D eigenvalue weighted by Crippen LogP contribution is -2.46. The summed E-state index contributed by atoms with van der Waals surface area (Å²) in [6, 6.07) is 8.16. The van der Waals surface area contributed by atoms with E-state index in [0.29, 0.717) is 31.9 Å². The topological polar surface area (TPSA) is 119 Å². The summed E-state index contributed by atoms with van der Waals surface area (Å²) in [6.07, 6.45) is 1.92. The second kappa shape index (κ2) is 9.51. The monoisotopic (exact) mass is 415 g/mol. The van der Waals surface area contributed by atoms with Crippen LogP contribution in [-0.2, 0) is 21.4 Å². The molecule has 2 heterocycles. The Morgan fingerprint density at radius 3 is 2.60 bits per heavy atom. The summed E-state index contributed by atoms with van der Waals surface area (Å²) in [6.45, 7) is 4.57. The quantitative estimate of drug-likeness (QED) is 0.418. The SMILES string of the molecule is Cc1ccc(NC(=O)C(=O)NCC(c2cccn2C)N2CCOCC2)c([N+](=O)[O-])c1. The fourth-order valence-electron chi connectivity index (χ4n) is 3.48. The molecule has 1 aliphatic rings. The van der Waals surface area contributed by atoms with E-state index in [-0.39, 0.29) is 24.0 Å². The van der Waals surface area contributed by atoms with E-state index in [0.717, 1.165) is 5.69 Å². The molecule has 1 atom stereocenters. The molecular formula is C20H25N5O5. The molecule has 10 nitrogen and oxygen atoms in total. The number of aryl methyl sites for hydroxylation is 2. The number of rotatable bonds is 6. The van der Waals surface area contributed by atoms with Crippen LogP contribution in [0.5, 0.6) is 0 Å². The van der Waals surface area contributed by atoms with Crippen molar-refractivity contribution in [2.75, 3.05) is 38.2 Å². The minimum absolute atomic E-state index is 0.0158. The van der Waals surface area contributed by atoms with Crippen LogP contribution in [0.25, 0.3) is 0 Å². The summed E-state index contributed by atoms with van der Waals surface area (Å²) in [4.78, 5) is 37.5. The standard InChI is InChI=1S/C20H25N5O5/c1-14-5-6-15(17(12-14)25(28)29)22-20(27)19(26)21-13-18(16-4-3-7-23(16)2)24-8-10-30-11-9-24/h3-7,12,18H,8-11,13H2,1-2H3,(H,21,26)(H,22,27). The number of hydrogen-bond acceptors (Lipinski definition) is 6. The van der Waals surface area contributed by atoms with Gasteiger partial charge in [-0.1, -0.05) is 6.07 Å². The van der Waals surface area contributed by atoms with Crippen LogP contribution in [0, 0.1) is 17.0 Å². The van der Waals surface area contributed by atoms with Gasteiger partial charge in [-0.15, -0.1) is 0 Å². The van der Waals surface area contributed by atoms with Gasteiger partial charge >= 0.3 is 11.8 Å². The number of morpholine rings is 1. The van der Waals surface area contributed by atoms with E-state index in [9.17, 15) is 19.7 Å². The molecule has 0 aliphatic carbocycles. The maximum absolute atomic E-state index is 12.4. The number of hydrogen-bond donors (Lipinski definition) is 2. The van der Waals surface area contributed by atoms with Crippen molar-refractivity contribution < 1.29 is 19.2 Å². The van der Waals surface area contributed by atoms with Gasteiger partial charge in [0.15, 0.2) is 0 Å². The Morgan fingerprint density at radius 1 is 1.23 bits per heavy atom. The summed E-state index contributed by atoms with van der Waals surface area (Å²) < 4.78 is 7.39. The van der Waals surface area contributed by atoms with E-state index in [2.05, 4.69) is 15.5 Å². The van der Waals surface area contributed by atoms with E-state index in [4.69, 9.17) is 4.74 Å². The van der Waals surface area contributed by atoms with Crippen LogP contribution in [0.3, 0.4) is 0 Å². The van der Waals surface area contributed by atoms with Crippen molar-refractivity contribution in [1.82, 2.24) is 14.8 Å². The van der Waals surface area contributed by atoms with Crippen LogP contribution in [0.2, 0.25) is 0 Å². The number of nitro groups is 1. The Balaban J connectivity index is 1.67. The maximum Gasteiger partial charge on any atom is 0.313 e. The molecule has 2 amide bonds. The first-order valence-electron chi connectivity index (χ1n) is 9.64. The average Bonchev–Trinajstić information content (AvgIpc) is 3.15. The largest absolute Gasteiger partial charge is 0.379 e. The first kappa shape index (κ1) is 21.5. The minimum atomic E-state index is -0.949. The molecule has 30 heavy (non-hydrogen) atoms. The van der Waals surface area contributed by atoms with E-state index in [1.165, 1.54) is 12.1 Å². The van der Waals surface area contributed by atoms with E-state index in [1.807, 2.05) is 29.9 Å². The highest BCUT2D eigenvalue weighted by Gasteiger charge is 2.26. The molecule has 2 N–H and O–H groups in total. The van der Waals surface area contributed by atoms with Crippen molar-refractivity contribution >= 4 is 23.2 Å². The molecule has 2 aromatic rings. The number of carbonyl (C=O) groups is 2. The molecule has 1 unspecified atom stereocenters. The molecule has 0 spiro atoms. The van der Waals surface area contributed by atoms with Crippen molar-refractivity contribution in [3.63, 3.8) is 0 Å². The van der Waals surface area contributed by atoms with Crippen LogP contribution in [0.15, 0.2) is 36.5 Å². The van der Waals surface area contributed by atoms with Gasteiger partial charge in [0.05, 0.1) is 24.2 Å². The molecule has 0 bridgehead atoms. The second-order valence-corrected chi connectivity index (χ2v) is 7.15. The number of nitrogens with one attached hydrogen (secondary N) is 2. The highest BCUT2D eigenvalue weighted by atomic mass is 16.6. The van der Waals surface area contributed by atoms with E-state index in [1.54, 1.807) is 13.0 Å². The normalized spacial score (nSPS) is 15.4. The third-order valence-electron chi connectivity index (χ3n) is 5.07. The Labute approximate surface area is 174 Å². The van der Waals surface area contributed by atoms with Gasteiger partial charge in [-0.25, -0.2) is 0 Å². The number of anilines is 1. The number of amides is 2. The molecular weight excluding hydrogens is 390 g/mol. The van der Waals surface area contributed by atoms with Crippen molar-refractivity contribution in [2.24, 2.45) is 7.05 Å². The van der Waals surface area contributed by atoms with Gasteiger partial charge in [-0.05, 0) is 30.7 Å². The Hall–Kier alpha value is -3.24. The molecule has 10 heteroatoms. The number of nitro benzene ring substituents is 1. The molecule has 1 aromatic carbocycles. The number of ether oxygens (including phenoxy) is 1. The van der Waals surface area contributed by atoms with Crippen molar-refractivity contribution in [1.29, 1.82) is 0 Å². The van der Waals surface area contributed by atoms with Crippen molar-refractivity contribution in [3.05, 3.63) is 57.9 Å². The van der Waals surface area contributed by atoms with Gasteiger partial charge in [-0.3, -0.25) is 24.6 Å². The van der Waals surface area contributed by atoms with Crippen LogP contribution in [-0.4, -0.2) is 59.1 Å². The lowest BCUT2D eigenvalue weighted by atomic mass is 10.1. The fraction of sp³-hybridized carbons (Fsp3) is 0.400. The Bertz CT molecular complexity index is 935. The highest BCUT2D eigenvalue weighted by Crippen LogP contribution is 2.25. The highest BCUT2D eigenvalue weighted by molar-refractivity contribution is 6.39. The first-order valence-corrected chi connectivity index (χ1v) is 9.64. The van der Waals surface area contributed by atoms with E-state index < -0.39 is 16.7 Å². The maximum atomic E-state index is 12.4. The Morgan fingerprint density at radius 2 is 1.97 bits per heavy atom. The third-order valence-corrected chi connectivity index (χ3v) is 5.07. The number of aromatic nitrogens is 1. The lowest BCUT2D eigenvalue weighted by molar-refractivity contribution is -0.384. The number of carbonyl (C=O) groups excluding carboxylic acids is 2. The average molecular weight is 415 g/mol. The zero-order valence-corrected chi connectivity index (χ0v) is 17.0. The molecule has 1 saturated heterocycles. The van der Waals surface area contributed by atoms with E-state index >= 15 is 0 Å². The van der Waals surface area contributed by atoms with Crippen LogP contribution < -0.4 is 10.6 Å². The summed E-state index contributed by atoms with van der Waals surface area (Å²) in [5.41, 5.74) is 1.41. The molecule has 1 fully saturated rings. The number of nitrogens with zero attached hydrogens (tertiary/aromatic N) is 3.